The zero-order chi connectivity index (χ0) is 17.0. The number of amides is 2. The predicted octanol–water partition coefficient (Wildman–Crippen LogP) is 4.26. The lowest BCUT2D eigenvalue weighted by atomic mass is 9.81. The van der Waals surface area contributed by atoms with Gasteiger partial charge < -0.3 is 10.6 Å². The Bertz CT molecular complexity index is 562. The largest absolute Gasteiger partial charge is 0.354 e. The lowest BCUT2D eigenvalue weighted by Gasteiger charge is -2.27. The van der Waals surface area contributed by atoms with Crippen molar-refractivity contribution in [2.75, 3.05) is 5.32 Å². The Hall–Kier alpha value is -1.26. The van der Waals surface area contributed by atoms with Gasteiger partial charge in [-0.25, -0.2) is 0 Å². The first-order valence-electron chi connectivity index (χ1n) is 7.93. The average molecular weight is 357 g/mol. The van der Waals surface area contributed by atoms with Gasteiger partial charge in [0.1, 0.15) is 0 Å². The Labute approximate surface area is 146 Å². The minimum absolute atomic E-state index is 0.00495. The fraction of sp³-hybridized carbons (Fsp3) is 0.529. The first-order chi connectivity index (χ1) is 10.9. The van der Waals surface area contributed by atoms with E-state index in [1.807, 2.05) is 13.8 Å². The molecule has 0 bridgehead atoms. The average Bonchev–Trinajstić information content (AvgIpc) is 2.50. The summed E-state index contributed by atoms with van der Waals surface area (Å²) in [4.78, 5) is 24.4. The summed E-state index contributed by atoms with van der Waals surface area (Å²) in [5.41, 5.74) is 0.459. The molecule has 2 rings (SSSR count). The van der Waals surface area contributed by atoms with Crippen molar-refractivity contribution >= 4 is 40.7 Å². The van der Waals surface area contributed by atoms with Crippen molar-refractivity contribution in [3.8, 4) is 0 Å². The minimum atomic E-state index is -0.106. The maximum Gasteiger partial charge on any atom is 0.227 e. The van der Waals surface area contributed by atoms with Crippen molar-refractivity contribution in [2.45, 2.75) is 45.6 Å². The molecule has 0 saturated heterocycles. The molecule has 1 saturated carbocycles. The van der Waals surface area contributed by atoms with E-state index in [0.29, 0.717) is 28.6 Å². The Balaban J connectivity index is 1.90. The normalized spacial score (nSPS) is 21.1. The zero-order valence-corrected chi connectivity index (χ0v) is 14.9. The summed E-state index contributed by atoms with van der Waals surface area (Å²) in [6, 6.07) is 5.26. The summed E-state index contributed by atoms with van der Waals surface area (Å²) in [6.07, 6.45) is 2.86. The third kappa shape index (κ3) is 4.85. The van der Waals surface area contributed by atoms with Gasteiger partial charge in [0.25, 0.3) is 0 Å². The number of carbonyl (C=O) groups excluding carboxylic acids is 2. The van der Waals surface area contributed by atoms with E-state index < -0.39 is 0 Å². The molecule has 23 heavy (non-hydrogen) atoms. The molecule has 1 fully saturated rings. The quantitative estimate of drug-likeness (QED) is 0.846. The SMILES string of the molecule is CC(C)NC(=O)C1CCC(C(=O)Nc2c(Cl)cccc2Cl)CC1. The first-order valence-corrected chi connectivity index (χ1v) is 8.69. The molecule has 0 heterocycles. The molecule has 2 N–H and O–H groups in total. The van der Waals surface area contributed by atoms with E-state index in [2.05, 4.69) is 10.6 Å². The molecule has 0 radical (unpaired) electrons. The highest BCUT2D eigenvalue weighted by Gasteiger charge is 2.30. The van der Waals surface area contributed by atoms with Gasteiger partial charge in [0.2, 0.25) is 11.8 Å². The lowest BCUT2D eigenvalue weighted by molar-refractivity contribution is -0.128. The number of para-hydroxylation sites is 1. The van der Waals surface area contributed by atoms with Crippen LogP contribution in [-0.2, 0) is 9.59 Å². The van der Waals surface area contributed by atoms with Crippen LogP contribution in [0.2, 0.25) is 10.0 Å². The molecule has 1 aliphatic rings. The molecule has 0 atom stereocenters. The highest BCUT2D eigenvalue weighted by Crippen LogP contribution is 2.33. The number of nitrogens with one attached hydrogen (secondary N) is 2. The Kier molecular flexibility index (Phi) is 6.31. The Morgan fingerprint density at radius 3 is 1.96 bits per heavy atom. The zero-order valence-electron chi connectivity index (χ0n) is 13.4. The van der Waals surface area contributed by atoms with E-state index >= 15 is 0 Å². The Morgan fingerprint density at radius 2 is 1.48 bits per heavy atom. The lowest BCUT2D eigenvalue weighted by Crippen LogP contribution is -2.38. The molecule has 0 spiro atoms. The van der Waals surface area contributed by atoms with E-state index in [4.69, 9.17) is 23.2 Å². The van der Waals surface area contributed by atoms with Crippen molar-refractivity contribution in [3.05, 3.63) is 28.2 Å². The van der Waals surface area contributed by atoms with Gasteiger partial charge in [-0.05, 0) is 51.7 Å². The standard InChI is InChI=1S/C17H22Cl2N2O2/c1-10(2)20-16(22)11-6-8-12(9-7-11)17(23)21-15-13(18)4-3-5-14(15)19/h3-5,10-12H,6-9H2,1-2H3,(H,20,22)(H,21,23). The van der Waals surface area contributed by atoms with Crippen LogP contribution in [0.4, 0.5) is 5.69 Å². The van der Waals surface area contributed by atoms with E-state index in [9.17, 15) is 9.59 Å². The molecule has 126 valence electrons. The van der Waals surface area contributed by atoms with Crippen molar-refractivity contribution in [3.63, 3.8) is 0 Å². The summed E-state index contributed by atoms with van der Waals surface area (Å²) in [6.45, 7) is 3.90. The number of hydrogen-bond donors (Lipinski definition) is 2. The predicted molar refractivity (Wildman–Crippen MR) is 93.8 cm³/mol. The van der Waals surface area contributed by atoms with Gasteiger partial charge in [-0.1, -0.05) is 29.3 Å². The van der Waals surface area contributed by atoms with Crippen LogP contribution in [0.5, 0.6) is 0 Å². The molecule has 1 aromatic carbocycles. The second-order valence-electron chi connectivity index (χ2n) is 6.30. The maximum absolute atomic E-state index is 12.4. The van der Waals surface area contributed by atoms with Crippen LogP contribution in [0.3, 0.4) is 0 Å². The highest BCUT2D eigenvalue weighted by molar-refractivity contribution is 6.39. The fourth-order valence-electron chi connectivity index (χ4n) is 2.86. The number of benzene rings is 1. The van der Waals surface area contributed by atoms with Crippen LogP contribution in [0.1, 0.15) is 39.5 Å². The van der Waals surface area contributed by atoms with E-state index in [1.54, 1.807) is 18.2 Å². The van der Waals surface area contributed by atoms with E-state index in [-0.39, 0.29) is 29.7 Å². The van der Waals surface area contributed by atoms with Gasteiger partial charge in [-0.15, -0.1) is 0 Å². The second kappa shape index (κ2) is 8.02. The summed E-state index contributed by atoms with van der Waals surface area (Å²) < 4.78 is 0. The molecule has 2 amide bonds. The third-order valence-corrected chi connectivity index (χ3v) is 4.74. The van der Waals surface area contributed by atoms with Crippen LogP contribution >= 0.6 is 23.2 Å². The topological polar surface area (TPSA) is 58.2 Å². The number of rotatable bonds is 4. The molecule has 1 aliphatic carbocycles. The van der Waals surface area contributed by atoms with Crippen molar-refractivity contribution in [1.29, 1.82) is 0 Å². The van der Waals surface area contributed by atoms with Gasteiger partial charge >= 0.3 is 0 Å². The van der Waals surface area contributed by atoms with Gasteiger partial charge in [0.15, 0.2) is 0 Å². The van der Waals surface area contributed by atoms with Gasteiger partial charge in [-0.2, -0.15) is 0 Å². The minimum Gasteiger partial charge on any atom is -0.354 e. The van der Waals surface area contributed by atoms with Crippen LogP contribution in [0.15, 0.2) is 18.2 Å². The molecular weight excluding hydrogens is 335 g/mol. The van der Waals surface area contributed by atoms with Crippen molar-refractivity contribution in [1.82, 2.24) is 5.32 Å². The second-order valence-corrected chi connectivity index (χ2v) is 7.11. The van der Waals surface area contributed by atoms with Gasteiger partial charge in [0.05, 0.1) is 15.7 Å². The smallest absolute Gasteiger partial charge is 0.227 e. The highest BCUT2D eigenvalue weighted by atomic mass is 35.5. The first kappa shape index (κ1) is 18.1. The Morgan fingerprint density at radius 1 is 1.00 bits per heavy atom. The summed E-state index contributed by atoms with van der Waals surface area (Å²) >= 11 is 12.1. The molecule has 0 aliphatic heterocycles. The van der Waals surface area contributed by atoms with Gasteiger partial charge in [0, 0.05) is 17.9 Å². The number of carbonyl (C=O) groups is 2. The van der Waals surface area contributed by atoms with Gasteiger partial charge in [-0.3, -0.25) is 9.59 Å². The molecule has 1 aromatic rings. The number of anilines is 1. The van der Waals surface area contributed by atoms with E-state index in [0.717, 1.165) is 12.8 Å². The number of hydrogen-bond acceptors (Lipinski definition) is 2. The van der Waals surface area contributed by atoms with E-state index in [1.165, 1.54) is 0 Å². The maximum atomic E-state index is 12.4. The molecule has 0 unspecified atom stereocenters. The summed E-state index contributed by atoms with van der Waals surface area (Å²) in [5, 5.41) is 6.61. The van der Waals surface area contributed by atoms with Crippen LogP contribution in [0, 0.1) is 11.8 Å². The molecule has 6 heteroatoms. The van der Waals surface area contributed by atoms with Crippen molar-refractivity contribution in [2.24, 2.45) is 11.8 Å². The fourth-order valence-corrected chi connectivity index (χ4v) is 3.35. The summed E-state index contributed by atoms with van der Waals surface area (Å²) in [7, 11) is 0. The third-order valence-electron chi connectivity index (χ3n) is 4.11. The monoisotopic (exact) mass is 356 g/mol. The van der Waals surface area contributed by atoms with Crippen LogP contribution in [0.25, 0.3) is 0 Å². The molecule has 4 nitrogen and oxygen atoms in total. The van der Waals surface area contributed by atoms with Crippen molar-refractivity contribution < 1.29 is 9.59 Å². The van der Waals surface area contributed by atoms with Crippen LogP contribution < -0.4 is 10.6 Å². The molecule has 0 aromatic heterocycles. The molecular formula is C17H22Cl2N2O2. The summed E-state index contributed by atoms with van der Waals surface area (Å²) in [5.74, 6) is -0.0912. The van der Waals surface area contributed by atoms with Crippen LogP contribution in [-0.4, -0.2) is 17.9 Å². The number of halogens is 2.